The van der Waals surface area contributed by atoms with Gasteiger partial charge in [-0.15, -0.1) is 15.3 Å². The van der Waals surface area contributed by atoms with E-state index in [1.54, 1.807) is 111 Å². The standard InChI is InChI=1S/2C26H22ClN3O6S.Ca/c2*1-3-18-21(27)12-13-22(25(18)37(33,34)35)29-30-23-19-7-5-4-6-15(19)14-20(24(23)31)26(32)28-16-8-10-17(36-2)11-9-16;/h2*4-14,31H,3H2,1-2H3,(H,28,32)(H,33,34,35);/q;;+2/p-2. The van der Waals surface area contributed by atoms with Gasteiger partial charge in [-0.3, -0.25) is 14.1 Å². The summed E-state index contributed by atoms with van der Waals surface area (Å²) in [5, 5.41) is 48.2. The Morgan fingerprint density at radius 1 is 0.600 bits per heavy atom. The average Bonchev–Trinajstić information content (AvgIpc) is 3.38. The molecule has 0 heterocycles. The molecule has 2 amide bonds. The monoisotopic (exact) mass is 1120 g/mol. The zero-order valence-corrected chi connectivity index (χ0v) is 45.5. The van der Waals surface area contributed by atoms with Gasteiger partial charge in [0.2, 0.25) is 0 Å². The molecule has 0 aromatic heterocycles. The molecular weight excluding hydrogens is 1080 g/mol. The molecule has 0 aliphatic carbocycles. The van der Waals surface area contributed by atoms with Gasteiger partial charge in [0.15, 0.2) is 5.75 Å². The van der Waals surface area contributed by atoms with Gasteiger partial charge in [-0.2, -0.15) is 13.5 Å². The number of ether oxygens (including phenoxy) is 2. The predicted molar refractivity (Wildman–Crippen MR) is 284 cm³/mol. The van der Waals surface area contributed by atoms with Gasteiger partial charge in [-0.05, 0) is 120 Å². The van der Waals surface area contributed by atoms with Crippen molar-refractivity contribution in [3.05, 3.63) is 166 Å². The number of methoxy groups -OCH3 is 2. The summed E-state index contributed by atoms with van der Waals surface area (Å²) in [4.78, 5) is 25.0. The van der Waals surface area contributed by atoms with Gasteiger partial charge in [0.25, 0.3) is 21.9 Å². The Morgan fingerprint density at radius 2 is 1.01 bits per heavy atom. The maximum absolute atomic E-state index is 13.4. The molecule has 380 valence electrons. The van der Waals surface area contributed by atoms with Crippen LogP contribution in [-0.2, 0) is 33.1 Å². The number of fused-ring (bicyclic) bond motifs is 2. The van der Waals surface area contributed by atoms with Gasteiger partial charge >= 0.3 is 37.7 Å². The van der Waals surface area contributed by atoms with E-state index in [2.05, 4.69) is 31.1 Å². The van der Waals surface area contributed by atoms with Gasteiger partial charge in [-0.1, -0.05) is 91.3 Å². The first-order valence-electron chi connectivity index (χ1n) is 22.1. The number of benzene rings is 8. The summed E-state index contributed by atoms with van der Waals surface area (Å²) in [5.41, 5.74) is 0.304. The number of rotatable bonds is 14. The third kappa shape index (κ3) is 13.2. The molecule has 0 atom stereocenters. The van der Waals surface area contributed by atoms with Crippen molar-refractivity contribution in [1.29, 1.82) is 0 Å². The maximum atomic E-state index is 13.4. The minimum atomic E-state index is -4.96. The molecule has 0 saturated carbocycles. The summed E-state index contributed by atoms with van der Waals surface area (Å²) in [5.74, 6) is -1.21. The van der Waals surface area contributed by atoms with E-state index in [0.29, 0.717) is 44.4 Å². The van der Waals surface area contributed by atoms with Gasteiger partial charge in [0, 0.05) is 37.8 Å². The molecule has 8 aromatic carbocycles. The van der Waals surface area contributed by atoms with E-state index >= 15 is 0 Å². The number of aromatic hydroxyl groups is 1. The molecule has 0 bridgehead atoms. The number of halogens is 2. The molecule has 0 radical (unpaired) electrons. The Labute approximate surface area is 470 Å². The largest absolute Gasteiger partial charge is 2.00 e. The number of carbonyl (C=O) groups is 2. The number of amides is 2. The zero-order valence-electron chi connectivity index (χ0n) is 40.2. The summed E-state index contributed by atoms with van der Waals surface area (Å²) in [6.45, 7) is 3.33. The first-order valence-corrected chi connectivity index (χ1v) is 25.7. The Morgan fingerprint density at radius 3 is 1.47 bits per heavy atom. The van der Waals surface area contributed by atoms with Crippen molar-refractivity contribution in [2.24, 2.45) is 20.5 Å². The second-order valence-corrected chi connectivity index (χ2v) is 19.3. The van der Waals surface area contributed by atoms with E-state index in [1.807, 2.05) is 0 Å². The number of azo groups is 2. The molecule has 8 rings (SSSR count). The minimum Gasteiger partial charge on any atom is -0.870 e. The van der Waals surface area contributed by atoms with E-state index in [9.17, 15) is 45.7 Å². The van der Waals surface area contributed by atoms with Crippen LogP contribution in [0.3, 0.4) is 0 Å². The van der Waals surface area contributed by atoms with Crippen LogP contribution in [0.2, 0.25) is 10.0 Å². The van der Waals surface area contributed by atoms with Crippen molar-refractivity contribution in [3.63, 3.8) is 0 Å². The van der Waals surface area contributed by atoms with E-state index in [4.69, 9.17) is 32.7 Å². The van der Waals surface area contributed by atoms with Crippen LogP contribution in [0, 0.1) is 0 Å². The number of hydrogen-bond acceptors (Lipinski definition) is 15. The smallest absolute Gasteiger partial charge is 0.870 e. The molecule has 4 N–H and O–H groups in total. The molecule has 0 aliphatic heterocycles. The van der Waals surface area contributed by atoms with Crippen molar-refractivity contribution >= 4 is 149 Å². The molecule has 0 unspecified atom stereocenters. The Hall–Kier alpha value is -6.72. The topological polar surface area (TPSA) is 281 Å². The van der Waals surface area contributed by atoms with Crippen molar-refractivity contribution in [1.82, 2.24) is 0 Å². The summed E-state index contributed by atoms with van der Waals surface area (Å²) in [6.07, 6.45) is 0.377. The normalized spacial score (nSPS) is 11.5. The SMILES string of the molecule is CCc1c(Cl)ccc(N=Nc2c(O)c(C(=O)Nc3ccc(OC)cc3)cc3ccccc23)c1S(=O)(=O)O.CCc1c(Cl)ccc(N=Nc2c([O-])c(C(=O)Nc3ccc(OC)cc3)cc3ccccc23)c1S(=O)(=O)[O-].[Ca+2]. The van der Waals surface area contributed by atoms with Crippen molar-refractivity contribution in [2.45, 2.75) is 36.5 Å². The van der Waals surface area contributed by atoms with Gasteiger partial charge < -0.3 is 34.9 Å². The van der Waals surface area contributed by atoms with Crippen LogP contribution in [0.1, 0.15) is 45.7 Å². The first kappa shape index (κ1) is 57.6. The van der Waals surface area contributed by atoms with Crippen LogP contribution >= 0.6 is 23.2 Å². The summed E-state index contributed by atoms with van der Waals surface area (Å²) < 4.78 is 80.3. The fourth-order valence-electron chi connectivity index (χ4n) is 7.69. The van der Waals surface area contributed by atoms with E-state index in [1.165, 1.54) is 50.6 Å². The fourth-order valence-corrected chi connectivity index (χ4v) is 10.2. The molecule has 75 heavy (non-hydrogen) atoms. The number of anilines is 2. The van der Waals surface area contributed by atoms with Crippen molar-refractivity contribution < 1.29 is 55.2 Å². The molecule has 0 aliphatic rings. The average molecular weight is 1120 g/mol. The van der Waals surface area contributed by atoms with Crippen LogP contribution in [0.5, 0.6) is 23.0 Å². The summed E-state index contributed by atoms with van der Waals surface area (Å²) >= 11 is 12.2. The predicted octanol–water partition coefficient (Wildman–Crippen LogP) is 12.0. The van der Waals surface area contributed by atoms with Crippen LogP contribution in [0.4, 0.5) is 34.1 Å². The maximum Gasteiger partial charge on any atom is 2.00 e. The van der Waals surface area contributed by atoms with Crippen LogP contribution < -0.4 is 25.2 Å². The molecule has 18 nitrogen and oxygen atoms in total. The number of nitrogens with zero attached hydrogens (tertiary/aromatic N) is 4. The Balaban J connectivity index is 0.000000241. The fraction of sp³-hybridized carbons (Fsp3) is 0.115. The summed E-state index contributed by atoms with van der Waals surface area (Å²) in [7, 11) is -6.60. The summed E-state index contributed by atoms with van der Waals surface area (Å²) in [6, 6.07) is 35.2. The molecule has 0 spiro atoms. The molecule has 23 heteroatoms. The molecule has 0 saturated heterocycles. The van der Waals surface area contributed by atoms with Crippen LogP contribution in [0.15, 0.2) is 164 Å². The number of phenolic OH excluding ortho intramolecular Hbond substituents is 1. The van der Waals surface area contributed by atoms with E-state index < -0.39 is 53.3 Å². The van der Waals surface area contributed by atoms with Gasteiger partial charge in [0.05, 0.1) is 30.4 Å². The zero-order chi connectivity index (χ0) is 53.5. The van der Waals surface area contributed by atoms with Gasteiger partial charge in [0.1, 0.15) is 43.6 Å². The van der Waals surface area contributed by atoms with Crippen LogP contribution in [0.25, 0.3) is 21.5 Å². The second-order valence-electron chi connectivity index (χ2n) is 15.8. The van der Waals surface area contributed by atoms with E-state index in [-0.39, 0.29) is 106 Å². The first-order chi connectivity index (χ1) is 35.3. The minimum absolute atomic E-state index is 0. The molecular formula is C52H42CaCl2N6O12S2. The van der Waals surface area contributed by atoms with Gasteiger partial charge in [-0.25, -0.2) is 8.42 Å². The number of nitrogens with one attached hydrogen (secondary N) is 2. The third-order valence-corrected chi connectivity index (χ3v) is 13.9. The van der Waals surface area contributed by atoms with Crippen LogP contribution in [-0.4, -0.2) is 94.8 Å². The molecule has 8 aromatic rings. The third-order valence-electron chi connectivity index (χ3n) is 11.3. The van der Waals surface area contributed by atoms with Crippen molar-refractivity contribution in [3.8, 4) is 23.0 Å². The number of phenols is 1. The number of carbonyl (C=O) groups excluding carboxylic acids is 2. The second kappa shape index (κ2) is 24.7. The Bertz CT molecular complexity index is 3530. The molecule has 0 fully saturated rings. The number of hydrogen-bond donors (Lipinski definition) is 4. The Kier molecular flexibility index (Phi) is 19.0. The van der Waals surface area contributed by atoms with Crippen molar-refractivity contribution in [2.75, 3.05) is 24.9 Å². The van der Waals surface area contributed by atoms with E-state index in [0.717, 1.165) is 0 Å². The quantitative estimate of drug-likeness (QED) is 0.0449.